The molecule has 1 amide bonds. The fourth-order valence-corrected chi connectivity index (χ4v) is 2.41. The lowest BCUT2D eigenvalue weighted by Crippen LogP contribution is -2.54. The van der Waals surface area contributed by atoms with Crippen molar-refractivity contribution in [2.24, 2.45) is 0 Å². The van der Waals surface area contributed by atoms with Gasteiger partial charge in [0.15, 0.2) is 11.5 Å². The van der Waals surface area contributed by atoms with E-state index < -0.39 is 12.7 Å². The van der Waals surface area contributed by atoms with E-state index in [4.69, 9.17) is 0 Å². The Labute approximate surface area is 126 Å². The number of carbonyl (C=O) groups is 1. The molecule has 1 atom stereocenters. The summed E-state index contributed by atoms with van der Waals surface area (Å²) in [4.78, 5) is 14.7. The van der Waals surface area contributed by atoms with E-state index in [1.165, 1.54) is 11.9 Å². The number of piperazine rings is 1. The first-order valence-corrected chi connectivity index (χ1v) is 6.91. The fraction of sp³-hybridized carbons (Fsp3) is 0.615. The predicted octanol–water partition coefficient (Wildman–Crippen LogP) is 0.909. The van der Waals surface area contributed by atoms with Crippen molar-refractivity contribution in [1.82, 2.24) is 20.4 Å². The van der Waals surface area contributed by atoms with E-state index in [0.29, 0.717) is 25.5 Å². The molecule has 1 aromatic rings. The van der Waals surface area contributed by atoms with Gasteiger partial charge in [-0.15, -0.1) is 10.2 Å². The highest BCUT2D eigenvalue weighted by molar-refractivity contribution is 5.91. The van der Waals surface area contributed by atoms with Crippen LogP contribution in [0.15, 0.2) is 12.1 Å². The Kier molecular flexibility index (Phi) is 4.84. The van der Waals surface area contributed by atoms with Gasteiger partial charge in [-0.05, 0) is 19.1 Å². The maximum atomic E-state index is 12.5. The lowest BCUT2D eigenvalue weighted by Gasteiger charge is -2.40. The van der Waals surface area contributed by atoms with Gasteiger partial charge in [0.1, 0.15) is 0 Å². The van der Waals surface area contributed by atoms with E-state index >= 15 is 0 Å². The van der Waals surface area contributed by atoms with Gasteiger partial charge < -0.3 is 10.2 Å². The minimum Gasteiger partial charge on any atom is -0.354 e. The Morgan fingerprint density at radius 3 is 2.59 bits per heavy atom. The number of nitrogens with one attached hydrogen (secondary N) is 1. The van der Waals surface area contributed by atoms with Crippen LogP contribution >= 0.6 is 0 Å². The highest BCUT2D eigenvalue weighted by Gasteiger charge is 2.35. The molecule has 1 fully saturated rings. The van der Waals surface area contributed by atoms with Gasteiger partial charge in [0.05, 0.1) is 6.54 Å². The van der Waals surface area contributed by atoms with Gasteiger partial charge in [-0.1, -0.05) is 0 Å². The third-order valence-corrected chi connectivity index (χ3v) is 3.58. The van der Waals surface area contributed by atoms with Gasteiger partial charge >= 0.3 is 6.18 Å². The molecule has 0 bridgehead atoms. The largest absolute Gasteiger partial charge is 0.401 e. The number of amides is 1. The second-order valence-corrected chi connectivity index (χ2v) is 5.24. The lowest BCUT2D eigenvalue weighted by atomic mass is 10.2. The molecule has 22 heavy (non-hydrogen) atoms. The molecule has 2 rings (SSSR count). The van der Waals surface area contributed by atoms with Crippen molar-refractivity contribution in [3.63, 3.8) is 0 Å². The number of anilines is 1. The monoisotopic (exact) mass is 317 g/mol. The Bertz CT molecular complexity index is 519. The average Bonchev–Trinajstić information content (AvgIpc) is 2.47. The maximum Gasteiger partial charge on any atom is 0.401 e. The maximum absolute atomic E-state index is 12.5. The van der Waals surface area contributed by atoms with Crippen molar-refractivity contribution in [2.45, 2.75) is 19.1 Å². The Morgan fingerprint density at radius 1 is 1.36 bits per heavy atom. The molecule has 0 radical (unpaired) electrons. The van der Waals surface area contributed by atoms with Crippen LogP contribution in [0.1, 0.15) is 17.4 Å². The quantitative estimate of drug-likeness (QED) is 0.898. The molecule has 1 N–H and O–H groups in total. The zero-order valence-corrected chi connectivity index (χ0v) is 12.4. The van der Waals surface area contributed by atoms with Crippen LogP contribution < -0.4 is 10.2 Å². The van der Waals surface area contributed by atoms with E-state index in [0.717, 1.165) is 0 Å². The summed E-state index contributed by atoms with van der Waals surface area (Å²) in [6, 6.07) is 2.97. The SMILES string of the molecule is CNC(=O)c1ccc(N2CCN(CC(F)(F)F)C(C)C2)nn1. The fourth-order valence-electron chi connectivity index (χ4n) is 2.41. The van der Waals surface area contributed by atoms with Gasteiger partial charge in [0, 0.05) is 32.7 Å². The average molecular weight is 317 g/mol. The summed E-state index contributed by atoms with van der Waals surface area (Å²) in [5, 5.41) is 10.3. The summed E-state index contributed by atoms with van der Waals surface area (Å²) in [6.45, 7) is 2.03. The number of halogens is 3. The molecule has 2 heterocycles. The van der Waals surface area contributed by atoms with E-state index in [9.17, 15) is 18.0 Å². The summed E-state index contributed by atoms with van der Waals surface area (Å²) in [7, 11) is 1.50. The van der Waals surface area contributed by atoms with Gasteiger partial charge in [0.25, 0.3) is 5.91 Å². The molecule has 1 unspecified atom stereocenters. The number of alkyl halides is 3. The van der Waals surface area contributed by atoms with Gasteiger partial charge in [-0.3, -0.25) is 9.69 Å². The standard InChI is InChI=1S/C13H18F3N5O/c1-9-7-20(5-6-21(9)8-13(14,15)16)11-4-3-10(18-19-11)12(22)17-2/h3-4,9H,5-8H2,1-2H3,(H,17,22). The van der Waals surface area contributed by atoms with Gasteiger partial charge in [0.2, 0.25) is 0 Å². The van der Waals surface area contributed by atoms with Crippen molar-refractivity contribution in [3.05, 3.63) is 17.8 Å². The van der Waals surface area contributed by atoms with Crippen LogP contribution in [0.2, 0.25) is 0 Å². The molecule has 0 aliphatic carbocycles. The molecule has 1 aliphatic rings. The highest BCUT2D eigenvalue weighted by Crippen LogP contribution is 2.22. The number of nitrogens with zero attached hydrogens (tertiary/aromatic N) is 4. The summed E-state index contributed by atoms with van der Waals surface area (Å²) < 4.78 is 37.4. The Morgan fingerprint density at radius 2 is 2.09 bits per heavy atom. The molecular weight excluding hydrogens is 299 g/mol. The molecule has 9 heteroatoms. The molecule has 1 saturated heterocycles. The summed E-state index contributed by atoms with van der Waals surface area (Å²) in [6.07, 6.45) is -4.19. The third kappa shape index (κ3) is 4.06. The van der Waals surface area contributed by atoms with Crippen molar-refractivity contribution in [1.29, 1.82) is 0 Å². The number of hydrogen-bond donors (Lipinski definition) is 1. The molecule has 1 aliphatic heterocycles. The number of aromatic nitrogens is 2. The summed E-state index contributed by atoms with van der Waals surface area (Å²) in [5.41, 5.74) is 0.204. The predicted molar refractivity (Wildman–Crippen MR) is 74.7 cm³/mol. The smallest absolute Gasteiger partial charge is 0.354 e. The first-order valence-electron chi connectivity index (χ1n) is 6.91. The second kappa shape index (κ2) is 6.47. The normalized spacial score (nSPS) is 20.0. The lowest BCUT2D eigenvalue weighted by molar-refractivity contribution is -0.150. The Hall–Kier alpha value is -1.90. The van der Waals surface area contributed by atoms with Gasteiger partial charge in [-0.2, -0.15) is 13.2 Å². The number of carbonyl (C=O) groups excluding carboxylic acids is 1. The van der Waals surface area contributed by atoms with Crippen LogP contribution in [0.3, 0.4) is 0 Å². The number of rotatable bonds is 3. The molecule has 0 saturated carbocycles. The highest BCUT2D eigenvalue weighted by atomic mass is 19.4. The van der Waals surface area contributed by atoms with Crippen LogP contribution in [0, 0.1) is 0 Å². The molecule has 6 nitrogen and oxygen atoms in total. The van der Waals surface area contributed by atoms with Crippen LogP contribution in [-0.2, 0) is 0 Å². The molecular formula is C13H18F3N5O. The van der Waals surface area contributed by atoms with Crippen LogP contribution in [0.4, 0.5) is 19.0 Å². The second-order valence-electron chi connectivity index (χ2n) is 5.24. The first kappa shape index (κ1) is 16.5. The van der Waals surface area contributed by atoms with Crippen LogP contribution in [0.25, 0.3) is 0 Å². The molecule has 122 valence electrons. The van der Waals surface area contributed by atoms with E-state index in [1.54, 1.807) is 19.1 Å². The Balaban J connectivity index is 1.99. The van der Waals surface area contributed by atoms with E-state index in [-0.39, 0.29) is 17.6 Å². The topological polar surface area (TPSA) is 61.4 Å². The molecule has 0 spiro atoms. The van der Waals surface area contributed by atoms with Crippen molar-refractivity contribution < 1.29 is 18.0 Å². The van der Waals surface area contributed by atoms with Crippen LogP contribution in [0.5, 0.6) is 0 Å². The first-order chi connectivity index (χ1) is 10.3. The van der Waals surface area contributed by atoms with Crippen LogP contribution in [-0.4, -0.2) is 66.4 Å². The van der Waals surface area contributed by atoms with Crippen molar-refractivity contribution >= 4 is 11.7 Å². The van der Waals surface area contributed by atoms with E-state index in [1.807, 2.05) is 4.90 Å². The zero-order valence-electron chi connectivity index (χ0n) is 12.4. The molecule has 1 aromatic heterocycles. The zero-order chi connectivity index (χ0) is 16.3. The van der Waals surface area contributed by atoms with Crippen molar-refractivity contribution in [2.75, 3.05) is 38.1 Å². The summed E-state index contributed by atoms with van der Waals surface area (Å²) in [5.74, 6) is 0.230. The van der Waals surface area contributed by atoms with Gasteiger partial charge in [-0.25, -0.2) is 0 Å². The summed E-state index contributed by atoms with van der Waals surface area (Å²) >= 11 is 0. The minimum atomic E-state index is -4.19. The molecule has 0 aromatic carbocycles. The van der Waals surface area contributed by atoms with Crippen molar-refractivity contribution in [3.8, 4) is 0 Å². The number of hydrogen-bond acceptors (Lipinski definition) is 5. The third-order valence-electron chi connectivity index (χ3n) is 3.58. The minimum absolute atomic E-state index is 0.204. The van der Waals surface area contributed by atoms with E-state index in [2.05, 4.69) is 15.5 Å².